The summed E-state index contributed by atoms with van der Waals surface area (Å²) in [6.07, 6.45) is 0. The first-order valence-electron chi connectivity index (χ1n) is 7.14. The molecule has 0 saturated carbocycles. The molecule has 18 heavy (non-hydrogen) atoms. The number of piperazine rings is 1. The molecule has 2 rings (SSSR count). The van der Waals surface area contributed by atoms with Crippen LogP contribution in [0.15, 0.2) is 0 Å². The fourth-order valence-electron chi connectivity index (χ4n) is 2.36. The highest BCUT2D eigenvalue weighted by molar-refractivity contribution is 4.68. The van der Waals surface area contributed by atoms with Gasteiger partial charge >= 0.3 is 0 Å². The minimum atomic E-state index is 0.885. The first-order chi connectivity index (χ1) is 8.95. The van der Waals surface area contributed by atoms with Crippen LogP contribution in [0.3, 0.4) is 0 Å². The molecule has 0 radical (unpaired) electrons. The van der Waals surface area contributed by atoms with Gasteiger partial charge in [-0.2, -0.15) is 0 Å². The number of hydrogen-bond donors (Lipinski definition) is 3. The normalized spacial score (nSPS) is 23.3. The highest BCUT2D eigenvalue weighted by Crippen LogP contribution is 1.94. The summed E-state index contributed by atoms with van der Waals surface area (Å²) in [7, 11) is 0. The molecular formula is C12H27N5O. The van der Waals surface area contributed by atoms with Crippen LogP contribution in [0.2, 0.25) is 0 Å². The molecule has 0 bridgehead atoms. The molecule has 2 aliphatic rings. The Balaban J connectivity index is 1.39. The fraction of sp³-hybridized carbons (Fsp3) is 1.00. The van der Waals surface area contributed by atoms with Crippen LogP contribution in [0, 0.1) is 0 Å². The van der Waals surface area contributed by atoms with E-state index in [1.165, 1.54) is 13.1 Å². The second-order valence-electron chi connectivity index (χ2n) is 4.90. The Kier molecular flexibility index (Phi) is 6.92. The number of hydrazine groups is 1. The van der Waals surface area contributed by atoms with Gasteiger partial charge in [0.25, 0.3) is 0 Å². The minimum Gasteiger partial charge on any atom is -0.379 e. The van der Waals surface area contributed by atoms with Gasteiger partial charge in [0.15, 0.2) is 0 Å². The highest BCUT2D eigenvalue weighted by Gasteiger charge is 2.09. The third-order valence-electron chi connectivity index (χ3n) is 3.54. The van der Waals surface area contributed by atoms with Crippen molar-refractivity contribution in [3.63, 3.8) is 0 Å². The van der Waals surface area contributed by atoms with Gasteiger partial charge in [-0.25, -0.2) is 0 Å². The Hall–Kier alpha value is -0.240. The monoisotopic (exact) mass is 257 g/mol. The lowest BCUT2D eigenvalue weighted by molar-refractivity contribution is 0.0380. The number of morpholine rings is 1. The summed E-state index contributed by atoms with van der Waals surface area (Å²) in [5.74, 6) is 0. The van der Waals surface area contributed by atoms with E-state index in [0.717, 1.165) is 65.6 Å². The predicted octanol–water partition coefficient (Wildman–Crippen LogP) is -1.68. The van der Waals surface area contributed by atoms with Gasteiger partial charge in [-0.05, 0) is 0 Å². The Morgan fingerprint density at radius 1 is 0.833 bits per heavy atom. The topological polar surface area (TPSA) is 51.8 Å². The SMILES string of the molecule is C1CN(CCNNCCN2CCOCC2)CCN1. The van der Waals surface area contributed by atoms with Crippen LogP contribution in [-0.2, 0) is 4.74 Å². The van der Waals surface area contributed by atoms with Gasteiger partial charge in [0, 0.05) is 65.4 Å². The van der Waals surface area contributed by atoms with Crippen LogP contribution in [0.25, 0.3) is 0 Å². The summed E-state index contributed by atoms with van der Waals surface area (Å²) in [5.41, 5.74) is 6.60. The summed E-state index contributed by atoms with van der Waals surface area (Å²) in [5, 5.41) is 3.37. The number of rotatable bonds is 7. The van der Waals surface area contributed by atoms with Gasteiger partial charge in [-0.15, -0.1) is 0 Å². The van der Waals surface area contributed by atoms with E-state index < -0.39 is 0 Å². The summed E-state index contributed by atoms with van der Waals surface area (Å²) in [4.78, 5) is 4.93. The van der Waals surface area contributed by atoms with Crippen LogP contribution >= 0.6 is 0 Å². The van der Waals surface area contributed by atoms with Crippen LogP contribution < -0.4 is 16.2 Å². The smallest absolute Gasteiger partial charge is 0.0594 e. The largest absolute Gasteiger partial charge is 0.379 e. The average Bonchev–Trinajstić information content (AvgIpc) is 2.45. The highest BCUT2D eigenvalue weighted by atomic mass is 16.5. The molecule has 0 aromatic rings. The van der Waals surface area contributed by atoms with E-state index in [1.807, 2.05) is 0 Å². The molecule has 106 valence electrons. The van der Waals surface area contributed by atoms with Gasteiger partial charge in [-0.1, -0.05) is 0 Å². The first-order valence-corrected chi connectivity index (χ1v) is 7.14. The van der Waals surface area contributed by atoms with Crippen molar-refractivity contribution in [3.8, 4) is 0 Å². The number of ether oxygens (including phenoxy) is 1. The molecule has 0 aromatic heterocycles. The molecule has 0 aromatic carbocycles. The summed E-state index contributed by atoms with van der Waals surface area (Å²) in [6.45, 7) is 12.8. The van der Waals surface area contributed by atoms with E-state index in [-0.39, 0.29) is 0 Å². The first kappa shape index (κ1) is 14.2. The van der Waals surface area contributed by atoms with E-state index in [9.17, 15) is 0 Å². The Morgan fingerprint density at radius 2 is 1.39 bits per heavy atom. The zero-order valence-electron chi connectivity index (χ0n) is 11.3. The van der Waals surface area contributed by atoms with Gasteiger partial charge in [0.2, 0.25) is 0 Å². The molecule has 6 heteroatoms. The second kappa shape index (κ2) is 8.79. The Labute approximate surface area is 110 Å². The predicted molar refractivity (Wildman–Crippen MR) is 72.6 cm³/mol. The average molecular weight is 257 g/mol. The van der Waals surface area contributed by atoms with Crippen LogP contribution in [0.4, 0.5) is 0 Å². The molecule has 0 unspecified atom stereocenters. The van der Waals surface area contributed by atoms with Crippen molar-refractivity contribution in [3.05, 3.63) is 0 Å². The number of nitrogens with zero attached hydrogens (tertiary/aromatic N) is 2. The van der Waals surface area contributed by atoms with Crippen LogP contribution in [0.5, 0.6) is 0 Å². The van der Waals surface area contributed by atoms with Crippen LogP contribution in [-0.4, -0.2) is 88.5 Å². The summed E-state index contributed by atoms with van der Waals surface area (Å²) >= 11 is 0. The van der Waals surface area contributed by atoms with E-state index in [0.29, 0.717) is 0 Å². The fourth-order valence-corrected chi connectivity index (χ4v) is 2.36. The van der Waals surface area contributed by atoms with Gasteiger partial charge in [-0.3, -0.25) is 20.7 Å². The zero-order valence-corrected chi connectivity index (χ0v) is 11.3. The zero-order chi connectivity index (χ0) is 12.5. The maximum atomic E-state index is 5.32. The molecular weight excluding hydrogens is 230 g/mol. The number of nitrogens with one attached hydrogen (secondary N) is 3. The molecule has 2 aliphatic heterocycles. The lowest BCUT2D eigenvalue weighted by atomic mass is 10.3. The van der Waals surface area contributed by atoms with Crippen molar-refractivity contribution in [2.45, 2.75) is 0 Å². The molecule has 3 N–H and O–H groups in total. The van der Waals surface area contributed by atoms with Gasteiger partial charge in [0.05, 0.1) is 13.2 Å². The third kappa shape index (κ3) is 5.60. The quantitative estimate of drug-likeness (QED) is 0.374. The van der Waals surface area contributed by atoms with Gasteiger partial charge < -0.3 is 10.1 Å². The van der Waals surface area contributed by atoms with Crippen molar-refractivity contribution < 1.29 is 4.74 Å². The lowest BCUT2D eigenvalue weighted by Gasteiger charge is -2.28. The van der Waals surface area contributed by atoms with Crippen molar-refractivity contribution in [2.75, 3.05) is 78.7 Å². The molecule has 0 amide bonds. The molecule has 0 atom stereocenters. The third-order valence-corrected chi connectivity index (χ3v) is 3.54. The summed E-state index contributed by atoms with van der Waals surface area (Å²) in [6, 6.07) is 0. The van der Waals surface area contributed by atoms with E-state index in [2.05, 4.69) is 26.0 Å². The van der Waals surface area contributed by atoms with Crippen molar-refractivity contribution in [2.24, 2.45) is 0 Å². The Bertz CT molecular complexity index is 183. The molecule has 2 heterocycles. The van der Waals surface area contributed by atoms with Crippen molar-refractivity contribution >= 4 is 0 Å². The molecule has 2 saturated heterocycles. The standard InChI is InChI=1S/C12H27N5O/c1-5-16(6-2-13-1)7-3-14-15-4-8-17-9-11-18-12-10-17/h13-15H,1-12H2. The van der Waals surface area contributed by atoms with Gasteiger partial charge in [0.1, 0.15) is 0 Å². The molecule has 0 aliphatic carbocycles. The van der Waals surface area contributed by atoms with Crippen LogP contribution in [0.1, 0.15) is 0 Å². The maximum Gasteiger partial charge on any atom is 0.0594 e. The molecule has 2 fully saturated rings. The Morgan fingerprint density at radius 3 is 2.00 bits per heavy atom. The lowest BCUT2D eigenvalue weighted by Crippen LogP contribution is -2.48. The summed E-state index contributed by atoms with van der Waals surface area (Å²) < 4.78 is 5.32. The minimum absolute atomic E-state index is 0.885. The second-order valence-corrected chi connectivity index (χ2v) is 4.90. The number of hydrogen-bond acceptors (Lipinski definition) is 6. The van der Waals surface area contributed by atoms with Crippen molar-refractivity contribution in [1.29, 1.82) is 0 Å². The van der Waals surface area contributed by atoms with E-state index in [1.54, 1.807) is 0 Å². The maximum absolute atomic E-state index is 5.32. The van der Waals surface area contributed by atoms with E-state index in [4.69, 9.17) is 4.74 Å². The molecule has 6 nitrogen and oxygen atoms in total. The van der Waals surface area contributed by atoms with E-state index >= 15 is 0 Å². The molecule has 0 spiro atoms. The van der Waals surface area contributed by atoms with Crippen molar-refractivity contribution in [1.82, 2.24) is 26.0 Å².